The zero-order valence-electron chi connectivity index (χ0n) is 17.8. The Hall–Kier alpha value is -4.47. The topological polar surface area (TPSA) is 129 Å². The van der Waals surface area contributed by atoms with Crippen molar-refractivity contribution in [2.75, 3.05) is 24.9 Å². The van der Waals surface area contributed by atoms with Gasteiger partial charge in [0.05, 0.1) is 38.0 Å². The summed E-state index contributed by atoms with van der Waals surface area (Å²) in [7, 11) is 2.41. The van der Waals surface area contributed by atoms with Gasteiger partial charge in [0.1, 0.15) is 11.9 Å². The van der Waals surface area contributed by atoms with Gasteiger partial charge in [-0.1, -0.05) is 30.3 Å². The molecule has 4 rings (SSSR count). The van der Waals surface area contributed by atoms with E-state index < -0.39 is 23.9 Å². The SMILES string of the molecule is COC(=O)c1cc(NC(=O)CC2C(=O)Nc3c(-c4ccccc4)cnn32)cc(C(=O)OC)c1. The molecular formula is C23H20N4O6. The Kier molecular flexibility index (Phi) is 5.90. The quantitative estimate of drug-likeness (QED) is 0.555. The van der Waals surface area contributed by atoms with E-state index in [4.69, 9.17) is 9.47 Å². The number of amides is 2. The summed E-state index contributed by atoms with van der Waals surface area (Å²) in [4.78, 5) is 49.2. The summed E-state index contributed by atoms with van der Waals surface area (Å²) in [6, 6.07) is 12.7. The first-order valence-electron chi connectivity index (χ1n) is 9.96. The highest BCUT2D eigenvalue weighted by molar-refractivity contribution is 6.04. The van der Waals surface area contributed by atoms with Crippen molar-refractivity contribution in [1.82, 2.24) is 9.78 Å². The number of rotatable bonds is 6. The second-order valence-electron chi connectivity index (χ2n) is 7.26. The molecule has 1 aliphatic rings. The molecule has 10 nitrogen and oxygen atoms in total. The van der Waals surface area contributed by atoms with E-state index in [1.807, 2.05) is 30.3 Å². The second kappa shape index (κ2) is 8.95. The van der Waals surface area contributed by atoms with Crippen LogP contribution in [0.15, 0.2) is 54.7 Å². The number of aromatic nitrogens is 2. The lowest BCUT2D eigenvalue weighted by Crippen LogP contribution is -2.23. The zero-order valence-corrected chi connectivity index (χ0v) is 17.8. The molecule has 1 atom stereocenters. The van der Waals surface area contributed by atoms with Crippen LogP contribution in [0.5, 0.6) is 0 Å². The molecule has 168 valence electrons. The zero-order chi connectivity index (χ0) is 23.5. The van der Waals surface area contributed by atoms with E-state index in [1.54, 1.807) is 6.20 Å². The van der Waals surface area contributed by atoms with Crippen LogP contribution >= 0.6 is 0 Å². The van der Waals surface area contributed by atoms with E-state index in [-0.39, 0.29) is 29.1 Å². The predicted molar refractivity (Wildman–Crippen MR) is 118 cm³/mol. The molecule has 0 bridgehead atoms. The largest absolute Gasteiger partial charge is 0.465 e. The van der Waals surface area contributed by atoms with Crippen molar-refractivity contribution in [1.29, 1.82) is 0 Å². The third-order valence-electron chi connectivity index (χ3n) is 5.16. The van der Waals surface area contributed by atoms with Crippen LogP contribution in [0.4, 0.5) is 11.5 Å². The molecule has 0 aliphatic carbocycles. The third-order valence-corrected chi connectivity index (χ3v) is 5.16. The maximum atomic E-state index is 12.7. The number of anilines is 2. The fraction of sp³-hybridized carbons (Fsp3) is 0.174. The number of methoxy groups -OCH3 is 2. The molecule has 2 aromatic carbocycles. The Morgan fingerprint density at radius 3 is 2.27 bits per heavy atom. The van der Waals surface area contributed by atoms with Gasteiger partial charge in [-0.3, -0.25) is 9.59 Å². The molecule has 0 saturated carbocycles. The second-order valence-corrected chi connectivity index (χ2v) is 7.26. The smallest absolute Gasteiger partial charge is 0.337 e. The van der Waals surface area contributed by atoms with Crippen LogP contribution in [0.25, 0.3) is 11.1 Å². The number of nitrogens with zero attached hydrogens (tertiary/aromatic N) is 2. The number of carbonyl (C=O) groups excluding carboxylic acids is 4. The van der Waals surface area contributed by atoms with Crippen molar-refractivity contribution in [2.24, 2.45) is 0 Å². The van der Waals surface area contributed by atoms with Crippen molar-refractivity contribution in [3.05, 3.63) is 65.9 Å². The number of nitrogens with one attached hydrogen (secondary N) is 2. The van der Waals surface area contributed by atoms with E-state index >= 15 is 0 Å². The number of carbonyl (C=O) groups is 4. The molecule has 0 spiro atoms. The van der Waals surface area contributed by atoms with Crippen molar-refractivity contribution < 1.29 is 28.7 Å². The Morgan fingerprint density at radius 1 is 1.03 bits per heavy atom. The molecule has 2 N–H and O–H groups in total. The van der Waals surface area contributed by atoms with E-state index in [0.29, 0.717) is 5.82 Å². The maximum absolute atomic E-state index is 12.7. The fourth-order valence-corrected chi connectivity index (χ4v) is 3.60. The van der Waals surface area contributed by atoms with E-state index in [9.17, 15) is 19.2 Å². The highest BCUT2D eigenvalue weighted by Crippen LogP contribution is 2.35. The van der Waals surface area contributed by atoms with Gasteiger partial charge >= 0.3 is 11.9 Å². The first kappa shape index (κ1) is 21.8. The first-order valence-corrected chi connectivity index (χ1v) is 9.96. The molecule has 0 radical (unpaired) electrons. The lowest BCUT2D eigenvalue weighted by atomic mass is 10.1. The molecule has 3 aromatic rings. The summed E-state index contributed by atoms with van der Waals surface area (Å²) in [6.45, 7) is 0. The molecule has 2 heterocycles. The van der Waals surface area contributed by atoms with Gasteiger partial charge in [0.15, 0.2) is 0 Å². The van der Waals surface area contributed by atoms with Crippen LogP contribution < -0.4 is 10.6 Å². The van der Waals surface area contributed by atoms with Gasteiger partial charge in [-0.05, 0) is 23.8 Å². The summed E-state index contributed by atoms with van der Waals surface area (Å²) in [5.41, 5.74) is 1.96. The first-order chi connectivity index (χ1) is 15.9. The van der Waals surface area contributed by atoms with Gasteiger partial charge in [-0.15, -0.1) is 0 Å². The molecule has 0 fully saturated rings. The van der Waals surface area contributed by atoms with Gasteiger partial charge in [0.25, 0.3) is 5.91 Å². The highest BCUT2D eigenvalue weighted by Gasteiger charge is 2.35. The minimum Gasteiger partial charge on any atom is -0.465 e. The highest BCUT2D eigenvalue weighted by atomic mass is 16.5. The molecule has 1 unspecified atom stereocenters. The van der Waals surface area contributed by atoms with Gasteiger partial charge in [0.2, 0.25) is 5.91 Å². The summed E-state index contributed by atoms with van der Waals surface area (Å²) < 4.78 is 10.9. The lowest BCUT2D eigenvalue weighted by molar-refractivity contribution is -0.123. The number of hydrogen-bond acceptors (Lipinski definition) is 7. The van der Waals surface area contributed by atoms with E-state index in [0.717, 1.165) is 11.1 Å². The number of hydrogen-bond donors (Lipinski definition) is 2. The van der Waals surface area contributed by atoms with Crippen molar-refractivity contribution in [2.45, 2.75) is 12.5 Å². The maximum Gasteiger partial charge on any atom is 0.337 e. The molecule has 1 aromatic heterocycles. The van der Waals surface area contributed by atoms with Crippen LogP contribution in [0.3, 0.4) is 0 Å². The Morgan fingerprint density at radius 2 is 1.67 bits per heavy atom. The summed E-state index contributed by atoms with van der Waals surface area (Å²) in [6.07, 6.45) is 1.43. The van der Waals surface area contributed by atoms with Crippen LogP contribution in [0.2, 0.25) is 0 Å². The fourth-order valence-electron chi connectivity index (χ4n) is 3.60. The van der Waals surface area contributed by atoms with Gasteiger partial charge in [-0.25, -0.2) is 14.3 Å². The third kappa shape index (κ3) is 4.31. The van der Waals surface area contributed by atoms with Gasteiger partial charge in [0, 0.05) is 11.3 Å². The van der Waals surface area contributed by atoms with Gasteiger partial charge < -0.3 is 20.1 Å². The Balaban J connectivity index is 1.55. The summed E-state index contributed by atoms with van der Waals surface area (Å²) in [5, 5.41) is 9.70. The van der Waals surface area contributed by atoms with Gasteiger partial charge in [-0.2, -0.15) is 5.10 Å². The summed E-state index contributed by atoms with van der Waals surface area (Å²) in [5.74, 6) is -1.70. The van der Waals surface area contributed by atoms with Crippen molar-refractivity contribution in [3.8, 4) is 11.1 Å². The minimum atomic E-state index is -0.846. The molecule has 2 amide bonds. The Labute approximate surface area is 188 Å². The monoisotopic (exact) mass is 448 g/mol. The lowest BCUT2D eigenvalue weighted by Gasteiger charge is -2.12. The minimum absolute atomic E-state index is 0.0659. The van der Waals surface area contributed by atoms with Crippen LogP contribution in [0, 0.1) is 0 Å². The molecule has 10 heteroatoms. The number of ether oxygens (including phenoxy) is 2. The molecule has 1 aliphatic heterocycles. The average Bonchev–Trinajstić information content (AvgIpc) is 3.37. The Bertz CT molecular complexity index is 1220. The van der Waals surface area contributed by atoms with E-state index in [1.165, 1.54) is 37.1 Å². The van der Waals surface area contributed by atoms with Crippen molar-refractivity contribution in [3.63, 3.8) is 0 Å². The molecule has 0 saturated heterocycles. The van der Waals surface area contributed by atoms with Crippen LogP contribution in [0.1, 0.15) is 33.2 Å². The van der Waals surface area contributed by atoms with Crippen molar-refractivity contribution >= 4 is 35.3 Å². The standard InChI is InChI=1S/C23H20N4O6/c1-32-22(30)14-8-15(23(31)33-2)10-16(9-14)25-19(28)11-18-21(29)26-20-17(12-24-27(18)20)13-6-4-3-5-7-13/h3-10,12,18H,11H2,1-2H3,(H,25,28)(H,26,29). The van der Waals surface area contributed by atoms with Crippen LogP contribution in [-0.2, 0) is 19.1 Å². The number of esters is 2. The van der Waals surface area contributed by atoms with E-state index in [2.05, 4.69) is 15.7 Å². The normalized spacial score (nSPS) is 14.2. The summed E-state index contributed by atoms with van der Waals surface area (Å²) >= 11 is 0. The predicted octanol–water partition coefficient (Wildman–Crippen LogP) is 2.65. The average molecular weight is 448 g/mol. The molecular weight excluding hydrogens is 428 g/mol. The number of benzene rings is 2. The van der Waals surface area contributed by atoms with Crippen LogP contribution in [-0.4, -0.2) is 47.8 Å². The number of fused-ring (bicyclic) bond motifs is 1. The molecule has 33 heavy (non-hydrogen) atoms.